The van der Waals surface area contributed by atoms with Crippen molar-refractivity contribution in [3.8, 4) is 5.75 Å². The normalized spacial score (nSPS) is 17.5. The lowest BCUT2D eigenvalue weighted by Gasteiger charge is -2.35. The van der Waals surface area contributed by atoms with Gasteiger partial charge in [0.25, 0.3) is 0 Å². The van der Waals surface area contributed by atoms with E-state index in [2.05, 4.69) is 0 Å². The van der Waals surface area contributed by atoms with E-state index in [4.69, 9.17) is 21.1 Å². The van der Waals surface area contributed by atoms with E-state index >= 15 is 0 Å². The second-order valence-electron chi connectivity index (χ2n) is 6.13. The molecule has 1 amide bonds. The molecular weight excluding hydrogens is 310 g/mol. The minimum atomic E-state index is -1.17. The van der Waals surface area contributed by atoms with Gasteiger partial charge in [-0.1, -0.05) is 11.6 Å². The van der Waals surface area contributed by atoms with Crippen molar-refractivity contribution in [2.75, 3.05) is 11.4 Å². The first-order valence-electron chi connectivity index (χ1n) is 6.82. The number of anilines is 1. The van der Waals surface area contributed by atoms with Crippen molar-refractivity contribution in [3.63, 3.8) is 0 Å². The third-order valence-corrected chi connectivity index (χ3v) is 3.15. The van der Waals surface area contributed by atoms with Crippen LogP contribution in [0.2, 0.25) is 5.02 Å². The molecule has 0 saturated carbocycles. The highest BCUT2D eigenvalue weighted by Crippen LogP contribution is 2.39. The maximum atomic E-state index is 12.4. The van der Waals surface area contributed by atoms with E-state index in [-0.39, 0.29) is 29.0 Å². The molecule has 0 spiro atoms. The molecule has 1 atom stereocenters. The average Bonchev–Trinajstić information content (AvgIpc) is 2.35. The highest BCUT2D eigenvalue weighted by Gasteiger charge is 2.34. The van der Waals surface area contributed by atoms with Crippen LogP contribution in [-0.4, -0.2) is 35.4 Å². The zero-order valence-corrected chi connectivity index (χ0v) is 13.6. The Hall–Kier alpha value is -1.95. The van der Waals surface area contributed by atoms with Gasteiger partial charge in [-0.2, -0.15) is 0 Å². The Morgan fingerprint density at radius 1 is 1.41 bits per heavy atom. The summed E-state index contributed by atoms with van der Waals surface area (Å²) < 4.78 is 11.0. The number of carbonyl (C=O) groups excluding carboxylic acids is 1. The number of amides is 1. The highest BCUT2D eigenvalue weighted by molar-refractivity contribution is 6.31. The van der Waals surface area contributed by atoms with Gasteiger partial charge in [-0.3, -0.25) is 4.90 Å². The van der Waals surface area contributed by atoms with Gasteiger partial charge in [0.05, 0.1) is 12.2 Å². The number of benzene rings is 1. The van der Waals surface area contributed by atoms with Gasteiger partial charge >= 0.3 is 12.1 Å². The van der Waals surface area contributed by atoms with Crippen LogP contribution >= 0.6 is 11.6 Å². The number of nitrogens with zero attached hydrogens (tertiary/aromatic N) is 1. The van der Waals surface area contributed by atoms with Crippen molar-refractivity contribution >= 4 is 29.4 Å². The summed E-state index contributed by atoms with van der Waals surface area (Å²) in [7, 11) is 0. The molecule has 0 bridgehead atoms. The summed E-state index contributed by atoms with van der Waals surface area (Å²) in [5.74, 6) is -1.04. The third-order valence-electron chi connectivity index (χ3n) is 2.93. The highest BCUT2D eigenvalue weighted by atomic mass is 35.5. The molecule has 22 heavy (non-hydrogen) atoms. The zero-order chi connectivity index (χ0) is 16.7. The molecule has 0 saturated heterocycles. The van der Waals surface area contributed by atoms with Crippen LogP contribution in [0.5, 0.6) is 5.75 Å². The largest absolute Gasteiger partial charge is 0.486 e. The van der Waals surface area contributed by atoms with E-state index in [1.807, 2.05) is 0 Å². The lowest BCUT2D eigenvalue weighted by Crippen LogP contribution is -2.45. The molecule has 120 valence electrons. The zero-order valence-electron chi connectivity index (χ0n) is 12.8. The van der Waals surface area contributed by atoms with Crippen LogP contribution in [0.15, 0.2) is 12.1 Å². The molecule has 1 aromatic rings. The Morgan fingerprint density at radius 3 is 2.59 bits per heavy atom. The van der Waals surface area contributed by atoms with Crippen LogP contribution in [0.4, 0.5) is 10.5 Å². The van der Waals surface area contributed by atoms with Gasteiger partial charge in [-0.05, 0) is 39.8 Å². The molecule has 1 N–H and O–H groups in total. The van der Waals surface area contributed by atoms with Crippen molar-refractivity contribution in [2.45, 2.75) is 39.4 Å². The third kappa shape index (κ3) is 3.44. The summed E-state index contributed by atoms with van der Waals surface area (Å²) >= 11 is 5.97. The van der Waals surface area contributed by atoms with Crippen molar-refractivity contribution in [2.24, 2.45) is 0 Å². The molecule has 1 heterocycles. The Balaban J connectivity index is 2.49. The average molecular weight is 328 g/mol. The fraction of sp³-hybridized carbons (Fsp3) is 0.467. The van der Waals surface area contributed by atoms with Crippen LogP contribution in [0.1, 0.15) is 38.1 Å². The lowest BCUT2D eigenvalue weighted by atomic mass is 10.1. The van der Waals surface area contributed by atoms with Crippen molar-refractivity contribution in [1.82, 2.24) is 0 Å². The smallest absolute Gasteiger partial charge is 0.415 e. The first kappa shape index (κ1) is 16.4. The minimum Gasteiger partial charge on any atom is -0.486 e. The molecular formula is C15H18ClNO5. The molecule has 2 rings (SSSR count). The summed E-state index contributed by atoms with van der Waals surface area (Å²) in [6.07, 6.45) is -0.929. The van der Waals surface area contributed by atoms with Crippen molar-refractivity contribution in [3.05, 3.63) is 22.7 Å². The fourth-order valence-electron chi connectivity index (χ4n) is 2.15. The number of hydrogen-bond acceptors (Lipinski definition) is 4. The van der Waals surface area contributed by atoms with E-state index in [1.54, 1.807) is 27.7 Å². The number of carbonyl (C=O) groups is 2. The number of carboxylic acids is 1. The van der Waals surface area contributed by atoms with E-state index in [1.165, 1.54) is 17.0 Å². The van der Waals surface area contributed by atoms with Crippen LogP contribution in [0.3, 0.4) is 0 Å². The Morgan fingerprint density at radius 2 is 2.05 bits per heavy atom. The van der Waals surface area contributed by atoms with E-state index < -0.39 is 17.7 Å². The summed E-state index contributed by atoms with van der Waals surface area (Å²) in [5, 5.41) is 9.50. The first-order chi connectivity index (χ1) is 10.1. The Bertz CT molecular complexity index is 623. The molecule has 0 aliphatic carbocycles. The number of fused-ring (bicyclic) bond motifs is 1. The predicted molar refractivity (Wildman–Crippen MR) is 82.1 cm³/mol. The molecule has 0 radical (unpaired) electrons. The van der Waals surface area contributed by atoms with Gasteiger partial charge in [0, 0.05) is 5.02 Å². The standard InChI is InChI=1S/C15H18ClNO5/c1-8-7-17(14(20)22-15(2,3)4)11-6-9(16)5-10(13(18)19)12(11)21-8/h5-6,8H,7H2,1-4H3,(H,18,19). The van der Waals surface area contributed by atoms with Crippen molar-refractivity contribution < 1.29 is 24.2 Å². The van der Waals surface area contributed by atoms with Gasteiger partial charge in [-0.15, -0.1) is 0 Å². The molecule has 0 aromatic heterocycles. The second kappa shape index (κ2) is 5.68. The van der Waals surface area contributed by atoms with Crippen LogP contribution in [0, 0.1) is 0 Å². The van der Waals surface area contributed by atoms with Crippen molar-refractivity contribution in [1.29, 1.82) is 0 Å². The van der Waals surface area contributed by atoms with Gasteiger partial charge in [-0.25, -0.2) is 9.59 Å². The molecule has 7 heteroatoms. The lowest BCUT2D eigenvalue weighted by molar-refractivity contribution is 0.0546. The number of hydrogen-bond donors (Lipinski definition) is 1. The first-order valence-corrected chi connectivity index (χ1v) is 7.20. The summed E-state index contributed by atoms with van der Waals surface area (Å²) in [5.41, 5.74) is -0.438. The molecule has 0 fully saturated rings. The minimum absolute atomic E-state index is 0.0809. The van der Waals surface area contributed by atoms with E-state index in [0.717, 1.165) is 0 Å². The van der Waals surface area contributed by atoms with Gasteiger partial charge in [0.15, 0.2) is 5.75 Å². The number of halogens is 1. The predicted octanol–water partition coefficient (Wildman–Crippen LogP) is 3.56. The molecule has 1 aromatic carbocycles. The van der Waals surface area contributed by atoms with Crippen LogP contribution in [0.25, 0.3) is 0 Å². The van der Waals surface area contributed by atoms with Gasteiger partial charge in [0.2, 0.25) is 0 Å². The summed E-state index contributed by atoms with van der Waals surface area (Å²) in [4.78, 5) is 25.1. The summed E-state index contributed by atoms with van der Waals surface area (Å²) in [6, 6.07) is 2.80. The Labute approximate surface area is 133 Å². The number of ether oxygens (including phenoxy) is 2. The fourth-order valence-corrected chi connectivity index (χ4v) is 2.36. The molecule has 6 nitrogen and oxygen atoms in total. The number of rotatable bonds is 1. The summed E-state index contributed by atoms with van der Waals surface area (Å²) in [6.45, 7) is 7.28. The SMILES string of the molecule is CC1CN(C(=O)OC(C)(C)C)c2cc(Cl)cc(C(=O)O)c2O1. The molecule has 1 aliphatic heterocycles. The number of carboxylic acid groups (broad SMARTS) is 1. The van der Waals surface area contributed by atoms with E-state index in [9.17, 15) is 14.7 Å². The van der Waals surface area contributed by atoms with Gasteiger partial charge < -0.3 is 14.6 Å². The maximum absolute atomic E-state index is 12.4. The number of aromatic carboxylic acids is 1. The van der Waals surface area contributed by atoms with Crippen LogP contribution < -0.4 is 9.64 Å². The second-order valence-corrected chi connectivity index (χ2v) is 6.56. The van der Waals surface area contributed by atoms with Gasteiger partial charge in [0.1, 0.15) is 17.3 Å². The topological polar surface area (TPSA) is 76.1 Å². The van der Waals surface area contributed by atoms with E-state index in [0.29, 0.717) is 5.69 Å². The Kier molecular flexibility index (Phi) is 4.24. The molecule has 1 aliphatic rings. The monoisotopic (exact) mass is 327 g/mol. The quantitative estimate of drug-likeness (QED) is 0.853. The van der Waals surface area contributed by atoms with Crippen LogP contribution in [-0.2, 0) is 4.74 Å². The maximum Gasteiger partial charge on any atom is 0.415 e. The molecule has 1 unspecified atom stereocenters.